The summed E-state index contributed by atoms with van der Waals surface area (Å²) in [7, 11) is 1.38. The number of likely N-dealkylation sites (tertiary alicyclic amines) is 1. The standard InChI is InChI=1S/C24H25ClN2O4/c1-3-31-24(29)27-11-8-15(9-12-27)21-18-7-6-17(25)14-19(18)20(23(28)30-2)13-16-5-4-10-26-22(16)21/h4-7,10,13-15,21H,3,8-9,11-12H2,1-2H3. The highest BCUT2D eigenvalue weighted by molar-refractivity contribution is 6.31. The summed E-state index contributed by atoms with van der Waals surface area (Å²) in [5.74, 6) is -0.174. The van der Waals surface area contributed by atoms with Gasteiger partial charge in [-0.3, -0.25) is 4.98 Å². The van der Waals surface area contributed by atoms with Crippen LogP contribution in [0, 0.1) is 5.92 Å². The van der Waals surface area contributed by atoms with Crippen molar-refractivity contribution in [2.75, 3.05) is 26.8 Å². The number of esters is 1. The Balaban J connectivity index is 1.76. The van der Waals surface area contributed by atoms with Gasteiger partial charge in [0.1, 0.15) is 0 Å². The molecule has 1 aromatic carbocycles. The largest absolute Gasteiger partial charge is 0.465 e. The van der Waals surface area contributed by atoms with Gasteiger partial charge in [0.25, 0.3) is 0 Å². The number of carbonyl (C=O) groups is 2. The number of nitrogens with zero attached hydrogens (tertiary/aromatic N) is 2. The van der Waals surface area contributed by atoms with E-state index in [1.54, 1.807) is 11.1 Å². The van der Waals surface area contributed by atoms with Crippen LogP contribution in [0.4, 0.5) is 4.79 Å². The lowest BCUT2D eigenvalue weighted by atomic mass is 9.76. The van der Waals surface area contributed by atoms with Gasteiger partial charge in [0, 0.05) is 30.2 Å². The summed E-state index contributed by atoms with van der Waals surface area (Å²) in [4.78, 5) is 31.3. The Bertz CT molecular complexity index is 1030. The molecule has 6 nitrogen and oxygen atoms in total. The molecular formula is C24H25ClN2O4. The summed E-state index contributed by atoms with van der Waals surface area (Å²) < 4.78 is 10.2. The highest BCUT2D eigenvalue weighted by Crippen LogP contribution is 2.45. The monoisotopic (exact) mass is 440 g/mol. The maximum atomic E-state index is 12.7. The average Bonchev–Trinajstić information content (AvgIpc) is 2.93. The number of rotatable bonds is 3. The number of aromatic nitrogens is 1. The maximum absolute atomic E-state index is 12.7. The molecular weight excluding hydrogens is 416 g/mol. The molecule has 7 heteroatoms. The predicted molar refractivity (Wildman–Crippen MR) is 119 cm³/mol. The summed E-state index contributed by atoms with van der Waals surface area (Å²) >= 11 is 6.32. The van der Waals surface area contributed by atoms with Crippen LogP contribution < -0.4 is 0 Å². The van der Waals surface area contributed by atoms with Gasteiger partial charge in [-0.1, -0.05) is 23.7 Å². The molecule has 2 aliphatic rings. The number of ether oxygens (including phenoxy) is 2. The number of amides is 1. The number of pyridine rings is 1. The van der Waals surface area contributed by atoms with Crippen LogP contribution in [0.2, 0.25) is 5.02 Å². The Morgan fingerprint density at radius 2 is 2.00 bits per heavy atom. The zero-order valence-corrected chi connectivity index (χ0v) is 18.4. The number of fused-ring (bicyclic) bond motifs is 2. The van der Waals surface area contributed by atoms with E-state index in [4.69, 9.17) is 26.1 Å². The molecule has 31 heavy (non-hydrogen) atoms. The van der Waals surface area contributed by atoms with Crippen LogP contribution in [-0.2, 0) is 14.3 Å². The predicted octanol–water partition coefficient (Wildman–Crippen LogP) is 4.76. The van der Waals surface area contributed by atoms with E-state index in [-0.39, 0.29) is 17.9 Å². The molecule has 2 aromatic rings. The SMILES string of the molecule is CCOC(=O)N1CCC(C2c3ccc(Cl)cc3C(C(=O)OC)=Cc3cccnc32)CC1. The third-order valence-electron chi connectivity index (χ3n) is 6.05. The maximum Gasteiger partial charge on any atom is 0.409 e. The van der Waals surface area contributed by atoms with Crippen LogP contribution >= 0.6 is 11.6 Å². The third kappa shape index (κ3) is 4.17. The van der Waals surface area contributed by atoms with E-state index >= 15 is 0 Å². The first-order valence-electron chi connectivity index (χ1n) is 10.5. The van der Waals surface area contributed by atoms with Crippen molar-refractivity contribution in [2.24, 2.45) is 5.92 Å². The molecule has 1 aromatic heterocycles. The number of methoxy groups -OCH3 is 1. The summed E-state index contributed by atoms with van der Waals surface area (Å²) in [5, 5.41) is 0.559. The molecule has 0 bridgehead atoms. The molecule has 1 unspecified atom stereocenters. The molecule has 1 saturated heterocycles. The van der Waals surface area contributed by atoms with Crippen molar-refractivity contribution < 1.29 is 19.1 Å². The van der Waals surface area contributed by atoms with Gasteiger partial charge in [0.2, 0.25) is 0 Å². The normalized spacial score (nSPS) is 18.4. The Hall–Kier alpha value is -2.86. The molecule has 2 heterocycles. The molecule has 0 saturated carbocycles. The number of piperidine rings is 1. The lowest BCUT2D eigenvalue weighted by Crippen LogP contribution is -2.40. The number of benzene rings is 1. The smallest absolute Gasteiger partial charge is 0.409 e. The summed E-state index contributed by atoms with van der Waals surface area (Å²) in [6.45, 7) is 3.44. The van der Waals surface area contributed by atoms with Gasteiger partial charge in [-0.25, -0.2) is 9.59 Å². The lowest BCUT2D eigenvalue weighted by Gasteiger charge is -2.36. The van der Waals surface area contributed by atoms with E-state index in [0.717, 1.165) is 35.2 Å². The van der Waals surface area contributed by atoms with Crippen molar-refractivity contribution in [1.29, 1.82) is 0 Å². The topological polar surface area (TPSA) is 68.7 Å². The molecule has 1 fully saturated rings. The van der Waals surface area contributed by atoms with E-state index in [9.17, 15) is 9.59 Å². The number of carbonyl (C=O) groups excluding carboxylic acids is 2. The van der Waals surface area contributed by atoms with Gasteiger partial charge < -0.3 is 14.4 Å². The first-order chi connectivity index (χ1) is 15.0. The second-order valence-electron chi connectivity index (χ2n) is 7.76. The quantitative estimate of drug-likeness (QED) is 0.643. The van der Waals surface area contributed by atoms with Crippen molar-refractivity contribution in [1.82, 2.24) is 9.88 Å². The summed E-state index contributed by atoms with van der Waals surface area (Å²) in [5.41, 5.74) is 4.08. The zero-order chi connectivity index (χ0) is 22.0. The summed E-state index contributed by atoms with van der Waals surface area (Å²) in [6.07, 6.45) is 5.00. The first kappa shape index (κ1) is 21.4. The fourth-order valence-corrected chi connectivity index (χ4v) is 4.78. The molecule has 1 aliphatic heterocycles. The summed E-state index contributed by atoms with van der Waals surface area (Å²) in [6, 6.07) is 9.50. The second-order valence-corrected chi connectivity index (χ2v) is 8.20. The van der Waals surface area contributed by atoms with Crippen LogP contribution in [0.3, 0.4) is 0 Å². The number of halogens is 1. The van der Waals surface area contributed by atoms with E-state index in [0.29, 0.717) is 30.3 Å². The minimum absolute atomic E-state index is 0.0220. The second kappa shape index (κ2) is 9.10. The fraction of sp³-hybridized carbons (Fsp3) is 0.375. The van der Waals surface area contributed by atoms with Crippen molar-refractivity contribution in [3.63, 3.8) is 0 Å². The van der Waals surface area contributed by atoms with Crippen LogP contribution in [0.25, 0.3) is 11.6 Å². The Morgan fingerprint density at radius 1 is 1.23 bits per heavy atom. The number of hydrogen-bond donors (Lipinski definition) is 0. The lowest BCUT2D eigenvalue weighted by molar-refractivity contribution is -0.133. The Kier molecular flexibility index (Phi) is 6.28. The van der Waals surface area contributed by atoms with Gasteiger partial charge in [0.05, 0.1) is 25.0 Å². The number of hydrogen-bond acceptors (Lipinski definition) is 5. The van der Waals surface area contributed by atoms with Crippen LogP contribution in [-0.4, -0.2) is 48.8 Å². The van der Waals surface area contributed by atoms with Crippen molar-refractivity contribution in [3.8, 4) is 0 Å². The van der Waals surface area contributed by atoms with Crippen molar-refractivity contribution >= 4 is 35.3 Å². The molecule has 0 spiro atoms. The molecule has 0 N–H and O–H groups in total. The van der Waals surface area contributed by atoms with Crippen LogP contribution in [0.5, 0.6) is 0 Å². The van der Waals surface area contributed by atoms with Crippen molar-refractivity contribution in [2.45, 2.75) is 25.7 Å². The zero-order valence-electron chi connectivity index (χ0n) is 17.6. The van der Waals surface area contributed by atoms with Gasteiger partial charge in [-0.05, 0) is 66.6 Å². The van der Waals surface area contributed by atoms with E-state index < -0.39 is 5.97 Å². The van der Waals surface area contributed by atoms with Crippen molar-refractivity contribution in [3.05, 3.63) is 63.9 Å². The van der Waals surface area contributed by atoms with Crippen LogP contribution in [0.15, 0.2) is 36.5 Å². The molecule has 1 atom stereocenters. The van der Waals surface area contributed by atoms with E-state index in [2.05, 4.69) is 0 Å². The molecule has 0 radical (unpaired) electrons. The molecule has 1 aliphatic carbocycles. The van der Waals surface area contributed by atoms with Crippen LogP contribution in [0.1, 0.15) is 48.1 Å². The molecule has 1 amide bonds. The Morgan fingerprint density at radius 3 is 2.71 bits per heavy atom. The van der Waals surface area contributed by atoms with Gasteiger partial charge in [-0.15, -0.1) is 0 Å². The van der Waals surface area contributed by atoms with E-state index in [1.807, 2.05) is 43.3 Å². The fourth-order valence-electron chi connectivity index (χ4n) is 4.61. The minimum Gasteiger partial charge on any atom is -0.465 e. The third-order valence-corrected chi connectivity index (χ3v) is 6.28. The van der Waals surface area contributed by atoms with Gasteiger partial charge >= 0.3 is 12.1 Å². The Labute approximate surface area is 186 Å². The average molecular weight is 441 g/mol. The molecule has 162 valence electrons. The van der Waals surface area contributed by atoms with Gasteiger partial charge in [-0.2, -0.15) is 0 Å². The minimum atomic E-state index is -0.406. The van der Waals surface area contributed by atoms with Gasteiger partial charge in [0.15, 0.2) is 0 Å². The highest BCUT2D eigenvalue weighted by atomic mass is 35.5. The molecule has 4 rings (SSSR count). The first-order valence-corrected chi connectivity index (χ1v) is 10.9. The highest BCUT2D eigenvalue weighted by Gasteiger charge is 2.36. The van der Waals surface area contributed by atoms with E-state index in [1.165, 1.54) is 7.11 Å².